The van der Waals surface area contributed by atoms with Crippen molar-refractivity contribution in [2.24, 2.45) is 5.92 Å². The van der Waals surface area contributed by atoms with Crippen LogP contribution in [0.3, 0.4) is 0 Å². The molecule has 2 heterocycles. The Bertz CT molecular complexity index is 1060. The molecular formula is C23H23N3O3S. The van der Waals surface area contributed by atoms with Gasteiger partial charge >= 0.3 is 0 Å². The zero-order valence-corrected chi connectivity index (χ0v) is 17.7. The van der Waals surface area contributed by atoms with E-state index in [1.54, 1.807) is 0 Å². The van der Waals surface area contributed by atoms with Gasteiger partial charge in [-0.15, -0.1) is 11.3 Å². The number of rotatable bonds is 5. The number of hydrogen-bond donors (Lipinski definition) is 2. The van der Waals surface area contributed by atoms with Gasteiger partial charge in [0.15, 0.2) is 5.13 Å². The van der Waals surface area contributed by atoms with Crippen LogP contribution in [0.25, 0.3) is 11.3 Å². The lowest BCUT2D eigenvalue weighted by Crippen LogP contribution is -2.32. The number of anilines is 1. The monoisotopic (exact) mass is 421 g/mol. The van der Waals surface area contributed by atoms with Crippen LogP contribution in [-0.2, 0) is 16.0 Å². The Balaban J connectivity index is 1.39. The zero-order chi connectivity index (χ0) is 21.1. The van der Waals surface area contributed by atoms with Crippen LogP contribution < -0.4 is 15.4 Å². The average Bonchev–Trinajstić information content (AvgIpc) is 3.21. The Morgan fingerprint density at radius 2 is 1.93 bits per heavy atom. The van der Waals surface area contributed by atoms with Crippen molar-refractivity contribution in [3.05, 3.63) is 65.0 Å². The summed E-state index contributed by atoms with van der Waals surface area (Å²) < 4.78 is 5.72. The van der Waals surface area contributed by atoms with Crippen LogP contribution in [0.4, 0.5) is 5.13 Å². The van der Waals surface area contributed by atoms with E-state index >= 15 is 0 Å². The number of para-hydroxylation sites is 1. The first kappa shape index (κ1) is 20.1. The van der Waals surface area contributed by atoms with Crippen molar-refractivity contribution in [3.63, 3.8) is 0 Å². The molecule has 0 saturated heterocycles. The van der Waals surface area contributed by atoms with Crippen molar-refractivity contribution in [1.82, 2.24) is 10.3 Å². The number of thiazole rings is 1. The van der Waals surface area contributed by atoms with Gasteiger partial charge in [-0.3, -0.25) is 9.59 Å². The molecule has 2 N–H and O–H groups in total. The Morgan fingerprint density at radius 3 is 2.70 bits per heavy atom. The maximum absolute atomic E-state index is 12.7. The van der Waals surface area contributed by atoms with Crippen molar-refractivity contribution in [1.29, 1.82) is 0 Å². The van der Waals surface area contributed by atoms with Crippen LogP contribution in [-0.4, -0.2) is 23.4 Å². The lowest BCUT2D eigenvalue weighted by Gasteiger charge is -2.24. The Hall–Kier alpha value is -3.19. The molecule has 2 amide bonds. The summed E-state index contributed by atoms with van der Waals surface area (Å²) >= 11 is 1.40. The summed E-state index contributed by atoms with van der Waals surface area (Å²) in [4.78, 5) is 28.5. The minimum Gasteiger partial charge on any atom is -0.492 e. The van der Waals surface area contributed by atoms with Gasteiger partial charge in [0.2, 0.25) is 11.8 Å². The molecule has 154 valence electrons. The topological polar surface area (TPSA) is 80.3 Å². The lowest BCUT2D eigenvalue weighted by molar-refractivity contribution is -0.121. The number of hydrogen-bond acceptors (Lipinski definition) is 5. The van der Waals surface area contributed by atoms with Crippen molar-refractivity contribution < 1.29 is 14.3 Å². The normalized spacial score (nSPS) is 16.1. The molecule has 0 radical (unpaired) electrons. The summed E-state index contributed by atoms with van der Waals surface area (Å²) in [6.45, 7) is 3.82. The Kier molecular flexibility index (Phi) is 5.81. The van der Waals surface area contributed by atoms with Crippen LogP contribution in [0.1, 0.15) is 31.0 Å². The number of ether oxygens (including phenoxy) is 1. The number of benzene rings is 2. The zero-order valence-electron chi connectivity index (χ0n) is 16.8. The fourth-order valence-corrected chi connectivity index (χ4v) is 4.22. The molecule has 2 unspecified atom stereocenters. The molecule has 7 heteroatoms. The summed E-state index contributed by atoms with van der Waals surface area (Å²) in [5.41, 5.74) is 3.84. The van der Waals surface area contributed by atoms with Gasteiger partial charge < -0.3 is 15.4 Å². The Labute approximate surface area is 179 Å². The van der Waals surface area contributed by atoms with Gasteiger partial charge in [0.25, 0.3) is 0 Å². The van der Waals surface area contributed by atoms with Gasteiger partial charge in [0, 0.05) is 17.9 Å². The van der Waals surface area contributed by atoms with Crippen molar-refractivity contribution >= 4 is 28.3 Å². The number of aromatic nitrogens is 1. The molecule has 0 fully saturated rings. The van der Waals surface area contributed by atoms with E-state index < -0.39 is 0 Å². The van der Waals surface area contributed by atoms with E-state index in [0.717, 1.165) is 28.1 Å². The van der Waals surface area contributed by atoms with Crippen LogP contribution in [0.2, 0.25) is 0 Å². The first-order valence-electron chi connectivity index (χ1n) is 9.84. The highest BCUT2D eigenvalue weighted by molar-refractivity contribution is 7.14. The second kappa shape index (κ2) is 8.67. The SMILES string of the molecule is CC(=O)NC(C)c1ccc(-c2csc(NC(=O)C3COc4ccccc4C3)n2)cc1. The lowest BCUT2D eigenvalue weighted by atomic mass is 9.96. The van der Waals surface area contributed by atoms with E-state index in [0.29, 0.717) is 18.2 Å². The highest BCUT2D eigenvalue weighted by Crippen LogP contribution is 2.29. The smallest absolute Gasteiger partial charge is 0.233 e. The largest absolute Gasteiger partial charge is 0.492 e. The summed E-state index contributed by atoms with van der Waals surface area (Å²) in [5, 5.41) is 8.29. The molecule has 2 aromatic carbocycles. The van der Waals surface area contributed by atoms with Crippen molar-refractivity contribution in [3.8, 4) is 17.0 Å². The summed E-state index contributed by atoms with van der Waals surface area (Å²) in [6.07, 6.45) is 0.661. The van der Waals surface area contributed by atoms with Crippen LogP contribution >= 0.6 is 11.3 Å². The number of amides is 2. The fraction of sp³-hybridized carbons (Fsp3) is 0.261. The first-order valence-corrected chi connectivity index (χ1v) is 10.7. The highest BCUT2D eigenvalue weighted by Gasteiger charge is 2.26. The van der Waals surface area contributed by atoms with Gasteiger partial charge in [0.1, 0.15) is 12.4 Å². The minimum atomic E-state index is -0.234. The molecular weight excluding hydrogens is 398 g/mol. The molecule has 2 atom stereocenters. The predicted molar refractivity (Wildman–Crippen MR) is 118 cm³/mol. The quantitative estimate of drug-likeness (QED) is 0.647. The standard InChI is InChI=1S/C23H23N3O3S/c1-14(24-15(2)27)16-7-9-17(10-8-16)20-13-30-23(25-20)26-22(28)19-11-18-5-3-4-6-21(18)29-12-19/h3-10,13-14,19H,11-12H2,1-2H3,(H,24,27)(H,25,26,28). The van der Waals surface area contributed by atoms with Crippen molar-refractivity contribution in [2.75, 3.05) is 11.9 Å². The molecule has 0 saturated carbocycles. The number of carbonyl (C=O) groups excluding carboxylic acids is 2. The molecule has 1 aliphatic rings. The number of nitrogens with zero attached hydrogens (tertiary/aromatic N) is 1. The van der Waals surface area contributed by atoms with E-state index in [1.165, 1.54) is 18.3 Å². The molecule has 1 aliphatic heterocycles. The van der Waals surface area contributed by atoms with Gasteiger partial charge in [-0.05, 0) is 30.5 Å². The minimum absolute atomic E-state index is 0.0512. The summed E-state index contributed by atoms with van der Waals surface area (Å²) in [7, 11) is 0. The second-order valence-corrected chi connectivity index (χ2v) is 8.25. The predicted octanol–water partition coefficient (Wildman–Crippen LogP) is 4.20. The van der Waals surface area contributed by atoms with Crippen LogP contribution in [0, 0.1) is 5.92 Å². The molecule has 6 nitrogen and oxygen atoms in total. The molecule has 30 heavy (non-hydrogen) atoms. The molecule has 4 rings (SSSR count). The average molecular weight is 422 g/mol. The second-order valence-electron chi connectivity index (χ2n) is 7.39. The van der Waals surface area contributed by atoms with E-state index in [-0.39, 0.29) is 23.8 Å². The summed E-state index contributed by atoms with van der Waals surface area (Å²) in [5.74, 6) is 0.486. The highest BCUT2D eigenvalue weighted by atomic mass is 32.1. The molecule has 1 aromatic heterocycles. The van der Waals surface area contributed by atoms with Crippen molar-refractivity contribution in [2.45, 2.75) is 26.3 Å². The van der Waals surface area contributed by atoms with E-state index in [4.69, 9.17) is 4.74 Å². The maximum atomic E-state index is 12.7. The third kappa shape index (κ3) is 4.52. The third-order valence-electron chi connectivity index (χ3n) is 5.11. The van der Waals surface area contributed by atoms with Gasteiger partial charge in [-0.2, -0.15) is 0 Å². The number of fused-ring (bicyclic) bond motifs is 1. The van der Waals surface area contributed by atoms with Gasteiger partial charge in [0.05, 0.1) is 17.7 Å². The molecule has 0 aliphatic carbocycles. The van der Waals surface area contributed by atoms with Gasteiger partial charge in [-0.25, -0.2) is 4.98 Å². The fourth-order valence-electron chi connectivity index (χ4n) is 3.50. The molecule has 0 bridgehead atoms. The maximum Gasteiger partial charge on any atom is 0.233 e. The third-order valence-corrected chi connectivity index (χ3v) is 5.87. The van der Waals surface area contributed by atoms with Crippen LogP contribution in [0.15, 0.2) is 53.9 Å². The molecule has 0 spiro atoms. The van der Waals surface area contributed by atoms with Crippen LogP contribution in [0.5, 0.6) is 5.75 Å². The summed E-state index contributed by atoms with van der Waals surface area (Å²) in [6, 6.07) is 15.7. The first-order chi connectivity index (χ1) is 14.5. The van der Waals surface area contributed by atoms with Gasteiger partial charge in [-0.1, -0.05) is 42.5 Å². The van der Waals surface area contributed by atoms with E-state index in [9.17, 15) is 9.59 Å². The van der Waals surface area contributed by atoms with E-state index in [2.05, 4.69) is 15.6 Å². The molecule has 3 aromatic rings. The number of nitrogens with one attached hydrogen (secondary N) is 2. The number of carbonyl (C=O) groups is 2. The Morgan fingerprint density at radius 1 is 1.17 bits per heavy atom. The van der Waals surface area contributed by atoms with E-state index in [1.807, 2.05) is 60.8 Å².